The maximum Gasteiger partial charge on any atom is 0.433 e. The molecule has 9 heteroatoms. The second-order valence-corrected chi connectivity index (χ2v) is 6.31. The summed E-state index contributed by atoms with van der Waals surface area (Å²) in [5.41, 5.74) is -0.961. The summed E-state index contributed by atoms with van der Waals surface area (Å²) in [5, 5.41) is 11.5. The van der Waals surface area contributed by atoms with Gasteiger partial charge >= 0.3 is 12.3 Å². The lowest BCUT2D eigenvalue weighted by Gasteiger charge is -2.30. The predicted octanol–water partition coefficient (Wildman–Crippen LogP) is 2.82. The van der Waals surface area contributed by atoms with Gasteiger partial charge in [-0.1, -0.05) is 0 Å². The highest BCUT2D eigenvalue weighted by molar-refractivity contribution is 5.95. The van der Waals surface area contributed by atoms with Gasteiger partial charge < -0.3 is 15.3 Å². The number of hydrogen-bond acceptors (Lipinski definition) is 3. The van der Waals surface area contributed by atoms with Crippen molar-refractivity contribution >= 4 is 17.7 Å². The molecule has 1 aliphatic heterocycles. The van der Waals surface area contributed by atoms with Gasteiger partial charge in [-0.2, -0.15) is 13.2 Å². The first kappa shape index (κ1) is 16.5. The van der Waals surface area contributed by atoms with Crippen molar-refractivity contribution in [1.29, 1.82) is 0 Å². The van der Waals surface area contributed by atoms with Gasteiger partial charge in [0.25, 0.3) is 0 Å². The van der Waals surface area contributed by atoms with Crippen molar-refractivity contribution in [2.24, 2.45) is 11.3 Å². The minimum Gasteiger partial charge on any atom is -0.465 e. The molecule has 2 N–H and O–H groups in total. The van der Waals surface area contributed by atoms with Gasteiger partial charge in [0, 0.05) is 19.0 Å². The summed E-state index contributed by atoms with van der Waals surface area (Å²) in [4.78, 5) is 27.8. The van der Waals surface area contributed by atoms with Crippen molar-refractivity contribution in [2.75, 3.05) is 18.4 Å². The SMILES string of the molecule is O=C(Nc1ccc(C(F)(F)F)nc1)C1CC12CCN(C(=O)O)CC2. The lowest BCUT2D eigenvalue weighted by Crippen LogP contribution is -2.39. The first-order chi connectivity index (χ1) is 11.2. The van der Waals surface area contributed by atoms with E-state index in [0.29, 0.717) is 32.4 Å². The second kappa shape index (κ2) is 5.64. The van der Waals surface area contributed by atoms with Crippen LogP contribution >= 0.6 is 0 Å². The molecule has 1 saturated heterocycles. The molecule has 0 aromatic carbocycles. The number of aromatic nitrogens is 1. The van der Waals surface area contributed by atoms with Crippen LogP contribution in [0.25, 0.3) is 0 Å². The standard InChI is InChI=1S/C15H16F3N3O3/c16-15(17,18)11-2-1-9(8-19-11)20-12(22)10-7-14(10)3-5-21(6-4-14)13(23)24/h1-2,8,10H,3-7H2,(H,20,22)(H,23,24). The molecule has 1 aromatic heterocycles. The van der Waals surface area contributed by atoms with E-state index in [4.69, 9.17) is 5.11 Å². The Kier molecular flexibility index (Phi) is 3.89. The topological polar surface area (TPSA) is 82.5 Å². The Hall–Kier alpha value is -2.32. The van der Waals surface area contributed by atoms with Crippen molar-refractivity contribution in [3.05, 3.63) is 24.0 Å². The van der Waals surface area contributed by atoms with Gasteiger partial charge in [-0.05, 0) is 36.8 Å². The van der Waals surface area contributed by atoms with Crippen molar-refractivity contribution < 1.29 is 27.9 Å². The lowest BCUT2D eigenvalue weighted by molar-refractivity contribution is -0.141. The molecule has 3 rings (SSSR count). The Morgan fingerprint density at radius 1 is 1.29 bits per heavy atom. The highest BCUT2D eigenvalue weighted by atomic mass is 19.4. The molecular weight excluding hydrogens is 327 g/mol. The Balaban J connectivity index is 1.57. The molecule has 1 aliphatic carbocycles. The monoisotopic (exact) mass is 343 g/mol. The van der Waals surface area contributed by atoms with Crippen LogP contribution in [0.1, 0.15) is 25.0 Å². The highest BCUT2D eigenvalue weighted by Gasteiger charge is 2.58. The van der Waals surface area contributed by atoms with Gasteiger partial charge in [0.2, 0.25) is 5.91 Å². The number of alkyl halides is 3. The fraction of sp³-hybridized carbons (Fsp3) is 0.533. The number of likely N-dealkylation sites (tertiary alicyclic amines) is 1. The van der Waals surface area contributed by atoms with E-state index in [1.807, 2.05) is 0 Å². The average Bonchev–Trinajstić information content (AvgIpc) is 3.21. The third-order valence-corrected chi connectivity index (χ3v) is 4.86. The molecule has 0 radical (unpaired) electrons. The summed E-state index contributed by atoms with van der Waals surface area (Å²) in [6.45, 7) is 0.807. The molecule has 1 atom stereocenters. The number of carbonyl (C=O) groups is 2. The van der Waals surface area contributed by atoms with Gasteiger partial charge in [0.15, 0.2) is 0 Å². The number of rotatable bonds is 2. The first-order valence-corrected chi connectivity index (χ1v) is 7.53. The summed E-state index contributed by atoms with van der Waals surface area (Å²) >= 11 is 0. The zero-order valence-corrected chi connectivity index (χ0v) is 12.6. The van der Waals surface area contributed by atoms with E-state index in [1.165, 1.54) is 11.0 Å². The molecule has 1 unspecified atom stereocenters. The lowest BCUT2D eigenvalue weighted by atomic mass is 9.91. The number of hydrogen-bond donors (Lipinski definition) is 2. The molecule has 130 valence electrons. The van der Waals surface area contributed by atoms with Crippen LogP contribution in [-0.2, 0) is 11.0 Å². The number of carboxylic acid groups (broad SMARTS) is 1. The summed E-state index contributed by atoms with van der Waals surface area (Å²) in [5.74, 6) is -0.476. The van der Waals surface area contributed by atoms with Crippen LogP contribution in [0.4, 0.5) is 23.7 Å². The zero-order chi connectivity index (χ0) is 17.5. The molecule has 2 aliphatic rings. The van der Waals surface area contributed by atoms with E-state index in [1.54, 1.807) is 0 Å². The average molecular weight is 343 g/mol. The molecule has 6 nitrogen and oxygen atoms in total. The molecule has 0 bridgehead atoms. The molecule has 2 amide bonds. The zero-order valence-electron chi connectivity index (χ0n) is 12.6. The van der Waals surface area contributed by atoms with Crippen LogP contribution in [0.3, 0.4) is 0 Å². The molecule has 2 fully saturated rings. The number of pyridine rings is 1. The van der Waals surface area contributed by atoms with Crippen molar-refractivity contribution in [3.63, 3.8) is 0 Å². The smallest absolute Gasteiger partial charge is 0.433 e. The van der Waals surface area contributed by atoms with Crippen LogP contribution < -0.4 is 5.32 Å². The summed E-state index contributed by atoms with van der Waals surface area (Å²) in [6.07, 6.45) is -2.54. The van der Waals surface area contributed by atoms with Crippen LogP contribution in [0.2, 0.25) is 0 Å². The summed E-state index contributed by atoms with van der Waals surface area (Å²) in [6, 6.07) is 2.00. The fourth-order valence-corrected chi connectivity index (χ4v) is 3.28. The number of carbonyl (C=O) groups excluding carboxylic acids is 1. The van der Waals surface area contributed by atoms with Crippen LogP contribution in [0.15, 0.2) is 18.3 Å². The highest BCUT2D eigenvalue weighted by Crippen LogP contribution is 2.59. The molecule has 1 aromatic rings. The van der Waals surface area contributed by atoms with Crippen molar-refractivity contribution in [3.8, 4) is 0 Å². The number of nitrogens with zero attached hydrogens (tertiary/aromatic N) is 2. The van der Waals surface area contributed by atoms with Crippen molar-refractivity contribution in [1.82, 2.24) is 9.88 Å². The van der Waals surface area contributed by atoms with E-state index in [9.17, 15) is 22.8 Å². The first-order valence-electron chi connectivity index (χ1n) is 7.53. The molecule has 24 heavy (non-hydrogen) atoms. The third kappa shape index (κ3) is 3.15. The van der Waals surface area contributed by atoms with Crippen LogP contribution in [0.5, 0.6) is 0 Å². The largest absolute Gasteiger partial charge is 0.465 e. The second-order valence-electron chi connectivity index (χ2n) is 6.31. The van der Waals surface area contributed by atoms with E-state index in [0.717, 1.165) is 12.3 Å². The normalized spacial score (nSPS) is 22.3. The van der Waals surface area contributed by atoms with Crippen molar-refractivity contribution in [2.45, 2.75) is 25.4 Å². The van der Waals surface area contributed by atoms with E-state index in [2.05, 4.69) is 10.3 Å². The Morgan fingerprint density at radius 3 is 2.46 bits per heavy atom. The molecule has 1 spiro atoms. The Labute approximate surface area is 135 Å². The van der Waals surface area contributed by atoms with E-state index in [-0.39, 0.29) is 22.9 Å². The molecule has 2 heterocycles. The predicted molar refractivity (Wildman–Crippen MR) is 77.2 cm³/mol. The number of piperidine rings is 1. The van der Waals surface area contributed by atoms with E-state index < -0.39 is 18.0 Å². The van der Waals surface area contributed by atoms with Gasteiger partial charge in [0.05, 0.1) is 11.9 Å². The maximum atomic E-state index is 12.5. The maximum absolute atomic E-state index is 12.5. The Morgan fingerprint density at radius 2 is 1.96 bits per heavy atom. The molecule has 1 saturated carbocycles. The number of amides is 2. The number of halogens is 3. The molecular formula is C15H16F3N3O3. The minimum absolute atomic E-state index is 0.171. The number of nitrogens with one attached hydrogen (secondary N) is 1. The van der Waals surface area contributed by atoms with E-state index >= 15 is 0 Å². The quantitative estimate of drug-likeness (QED) is 0.865. The van der Waals surface area contributed by atoms with Gasteiger partial charge in [-0.25, -0.2) is 9.78 Å². The summed E-state index contributed by atoms with van der Waals surface area (Å²) in [7, 11) is 0. The number of anilines is 1. The van der Waals surface area contributed by atoms with Crippen LogP contribution in [-0.4, -0.2) is 40.1 Å². The summed E-state index contributed by atoms with van der Waals surface area (Å²) < 4.78 is 37.4. The van der Waals surface area contributed by atoms with Crippen LogP contribution in [0, 0.1) is 11.3 Å². The van der Waals surface area contributed by atoms with Gasteiger partial charge in [0.1, 0.15) is 5.69 Å². The van der Waals surface area contributed by atoms with Gasteiger partial charge in [-0.15, -0.1) is 0 Å². The minimum atomic E-state index is -4.51. The fourth-order valence-electron chi connectivity index (χ4n) is 3.28. The third-order valence-electron chi connectivity index (χ3n) is 4.86. The Bertz CT molecular complexity index is 652. The van der Waals surface area contributed by atoms with Gasteiger partial charge in [-0.3, -0.25) is 4.79 Å².